The van der Waals surface area contributed by atoms with Crippen molar-refractivity contribution in [1.29, 1.82) is 0 Å². The first-order chi connectivity index (χ1) is 7.11. The molecule has 1 aromatic heterocycles. The van der Waals surface area contributed by atoms with E-state index in [0.29, 0.717) is 13.1 Å². The minimum atomic E-state index is 0.195. The van der Waals surface area contributed by atoms with Gasteiger partial charge in [-0.1, -0.05) is 5.16 Å². The van der Waals surface area contributed by atoms with E-state index in [0.717, 1.165) is 10.0 Å². The van der Waals surface area contributed by atoms with Gasteiger partial charge in [0.15, 0.2) is 5.84 Å². The van der Waals surface area contributed by atoms with E-state index in [1.54, 1.807) is 12.4 Å². The minimum Gasteiger partial charge on any atom is -0.409 e. The lowest BCUT2D eigenvalue weighted by molar-refractivity contribution is 0.308. The van der Waals surface area contributed by atoms with Crippen LogP contribution in [0.15, 0.2) is 28.1 Å². The maximum absolute atomic E-state index is 8.41. The fraction of sp³-hybridized carbons (Fsp3) is 0.333. The molecule has 0 spiro atoms. The second-order valence-electron chi connectivity index (χ2n) is 3.28. The normalized spacial score (nSPS) is 12.1. The number of amidine groups is 1. The van der Waals surface area contributed by atoms with Gasteiger partial charge in [-0.25, -0.2) is 0 Å². The Morgan fingerprint density at radius 2 is 2.40 bits per heavy atom. The van der Waals surface area contributed by atoms with E-state index < -0.39 is 0 Å². The molecule has 0 saturated carbocycles. The van der Waals surface area contributed by atoms with Crippen molar-refractivity contribution in [1.82, 2.24) is 9.88 Å². The fourth-order valence-electron chi connectivity index (χ4n) is 1.22. The second-order valence-corrected chi connectivity index (χ2v) is 4.19. The van der Waals surface area contributed by atoms with Crippen LogP contribution in [-0.4, -0.2) is 34.5 Å². The first-order valence-corrected chi connectivity index (χ1v) is 5.15. The highest BCUT2D eigenvalue weighted by molar-refractivity contribution is 9.10. The summed E-state index contributed by atoms with van der Waals surface area (Å²) in [5, 5.41) is 11.3. The lowest BCUT2D eigenvalue weighted by Crippen LogP contribution is -2.30. The largest absolute Gasteiger partial charge is 0.409 e. The molecule has 0 aliphatic rings. The minimum absolute atomic E-state index is 0.195. The van der Waals surface area contributed by atoms with Crippen LogP contribution in [0, 0.1) is 0 Å². The number of hydrogen-bond acceptors (Lipinski definition) is 4. The third kappa shape index (κ3) is 4.26. The molecule has 0 fully saturated rings. The summed E-state index contributed by atoms with van der Waals surface area (Å²) in [4.78, 5) is 5.98. The van der Waals surface area contributed by atoms with Crippen LogP contribution in [-0.2, 0) is 6.54 Å². The number of oxime groups is 1. The lowest BCUT2D eigenvalue weighted by Gasteiger charge is -2.15. The quantitative estimate of drug-likeness (QED) is 0.372. The zero-order valence-electron chi connectivity index (χ0n) is 8.39. The van der Waals surface area contributed by atoms with Crippen LogP contribution >= 0.6 is 15.9 Å². The van der Waals surface area contributed by atoms with Crippen LogP contribution in [0.3, 0.4) is 0 Å². The van der Waals surface area contributed by atoms with Gasteiger partial charge in [0.25, 0.3) is 0 Å². The van der Waals surface area contributed by atoms with E-state index in [2.05, 4.69) is 26.1 Å². The SMILES string of the molecule is CN(C/C(N)=N/O)Cc1cncc(Br)c1. The molecule has 0 atom stereocenters. The van der Waals surface area contributed by atoms with Crippen LogP contribution in [0.1, 0.15) is 5.56 Å². The summed E-state index contributed by atoms with van der Waals surface area (Å²) in [6.45, 7) is 1.12. The van der Waals surface area contributed by atoms with E-state index in [1.165, 1.54) is 0 Å². The summed E-state index contributed by atoms with van der Waals surface area (Å²) in [5.41, 5.74) is 6.46. The lowest BCUT2D eigenvalue weighted by atomic mass is 10.3. The molecular formula is C9H13BrN4O. The molecule has 1 rings (SSSR count). The molecule has 1 heterocycles. The van der Waals surface area contributed by atoms with E-state index in [-0.39, 0.29) is 5.84 Å². The monoisotopic (exact) mass is 272 g/mol. The Kier molecular flexibility index (Phi) is 4.51. The van der Waals surface area contributed by atoms with Crippen molar-refractivity contribution in [2.75, 3.05) is 13.6 Å². The molecule has 0 aromatic carbocycles. The maximum atomic E-state index is 8.41. The average molecular weight is 273 g/mol. The maximum Gasteiger partial charge on any atom is 0.153 e. The van der Waals surface area contributed by atoms with Gasteiger partial charge in [-0.3, -0.25) is 9.88 Å². The van der Waals surface area contributed by atoms with E-state index in [4.69, 9.17) is 10.9 Å². The van der Waals surface area contributed by atoms with Crippen LogP contribution in [0.2, 0.25) is 0 Å². The molecular weight excluding hydrogens is 260 g/mol. The van der Waals surface area contributed by atoms with Crippen LogP contribution in [0.25, 0.3) is 0 Å². The van der Waals surface area contributed by atoms with Crippen molar-refractivity contribution in [2.24, 2.45) is 10.9 Å². The molecule has 15 heavy (non-hydrogen) atoms. The number of halogens is 1. The molecule has 5 nitrogen and oxygen atoms in total. The van der Waals surface area contributed by atoms with Crippen molar-refractivity contribution in [3.63, 3.8) is 0 Å². The van der Waals surface area contributed by atoms with Crippen LogP contribution in [0.4, 0.5) is 0 Å². The van der Waals surface area contributed by atoms with Gasteiger partial charge >= 0.3 is 0 Å². The number of hydrogen-bond donors (Lipinski definition) is 2. The van der Waals surface area contributed by atoms with Gasteiger partial charge < -0.3 is 10.9 Å². The summed E-state index contributed by atoms with van der Waals surface area (Å²) in [6.07, 6.45) is 3.51. The molecule has 0 saturated heterocycles. The summed E-state index contributed by atoms with van der Waals surface area (Å²) in [7, 11) is 1.89. The first-order valence-electron chi connectivity index (χ1n) is 4.36. The molecule has 0 radical (unpaired) electrons. The third-order valence-corrected chi connectivity index (χ3v) is 2.21. The summed E-state index contributed by atoms with van der Waals surface area (Å²) < 4.78 is 0.942. The third-order valence-electron chi connectivity index (χ3n) is 1.77. The Bertz CT molecular complexity index is 356. The van der Waals surface area contributed by atoms with Crippen molar-refractivity contribution < 1.29 is 5.21 Å². The Morgan fingerprint density at radius 1 is 1.67 bits per heavy atom. The molecule has 0 amide bonds. The van der Waals surface area contributed by atoms with Gasteiger partial charge in [-0.15, -0.1) is 0 Å². The van der Waals surface area contributed by atoms with E-state index >= 15 is 0 Å². The summed E-state index contributed by atoms with van der Waals surface area (Å²) >= 11 is 3.35. The Labute approximate surface area is 96.7 Å². The van der Waals surface area contributed by atoms with Crippen molar-refractivity contribution >= 4 is 21.8 Å². The zero-order chi connectivity index (χ0) is 11.3. The molecule has 3 N–H and O–H groups in total. The van der Waals surface area contributed by atoms with Gasteiger partial charge in [0.05, 0.1) is 6.54 Å². The number of likely N-dealkylation sites (N-methyl/N-ethyl adjacent to an activating group) is 1. The standard InChI is InChI=1S/C9H13BrN4O/c1-14(6-9(11)13-15)5-7-2-8(10)4-12-3-7/h2-4,15H,5-6H2,1H3,(H2,11,13). The Hall–Kier alpha value is -1.14. The molecule has 0 aliphatic heterocycles. The molecule has 0 aliphatic carbocycles. The van der Waals surface area contributed by atoms with E-state index in [1.807, 2.05) is 18.0 Å². The van der Waals surface area contributed by atoms with Gasteiger partial charge in [0, 0.05) is 23.4 Å². The summed E-state index contributed by atoms with van der Waals surface area (Å²) in [6, 6.07) is 1.98. The highest BCUT2D eigenvalue weighted by Crippen LogP contribution is 2.10. The number of pyridine rings is 1. The predicted octanol–water partition coefficient (Wildman–Crippen LogP) is 1.02. The zero-order valence-corrected chi connectivity index (χ0v) is 9.98. The summed E-state index contributed by atoms with van der Waals surface area (Å²) in [5.74, 6) is 0.195. The topological polar surface area (TPSA) is 74.7 Å². The second kappa shape index (κ2) is 5.67. The van der Waals surface area contributed by atoms with Gasteiger partial charge in [-0.05, 0) is 34.6 Å². The molecule has 6 heteroatoms. The van der Waals surface area contributed by atoms with Crippen molar-refractivity contribution in [3.8, 4) is 0 Å². The molecule has 82 valence electrons. The fourth-order valence-corrected chi connectivity index (χ4v) is 1.63. The van der Waals surface area contributed by atoms with Crippen LogP contribution in [0.5, 0.6) is 0 Å². The number of nitrogens with zero attached hydrogens (tertiary/aromatic N) is 3. The Morgan fingerprint density at radius 3 is 3.00 bits per heavy atom. The average Bonchev–Trinajstić information content (AvgIpc) is 2.17. The molecule has 0 bridgehead atoms. The van der Waals surface area contributed by atoms with Crippen molar-refractivity contribution in [2.45, 2.75) is 6.54 Å². The highest BCUT2D eigenvalue weighted by atomic mass is 79.9. The van der Waals surface area contributed by atoms with Gasteiger partial charge in [-0.2, -0.15) is 0 Å². The van der Waals surface area contributed by atoms with Gasteiger partial charge in [0.2, 0.25) is 0 Å². The molecule has 0 unspecified atom stereocenters. The smallest absolute Gasteiger partial charge is 0.153 e. The molecule has 1 aromatic rings. The number of rotatable bonds is 4. The Balaban J connectivity index is 2.55. The first kappa shape index (κ1) is 11.9. The van der Waals surface area contributed by atoms with Gasteiger partial charge in [0.1, 0.15) is 0 Å². The number of nitrogens with two attached hydrogens (primary N) is 1. The highest BCUT2D eigenvalue weighted by Gasteiger charge is 2.03. The number of aromatic nitrogens is 1. The van der Waals surface area contributed by atoms with E-state index in [9.17, 15) is 0 Å². The van der Waals surface area contributed by atoms with Crippen molar-refractivity contribution in [3.05, 3.63) is 28.5 Å². The predicted molar refractivity (Wildman–Crippen MR) is 61.7 cm³/mol. The van der Waals surface area contributed by atoms with Crippen LogP contribution < -0.4 is 5.73 Å².